The number of halogens is 1. The van der Waals surface area contributed by atoms with Crippen LogP contribution in [-0.2, 0) is 9.47 Å². The average Bonchev–Trinajstić information content (AvgIpc) is 2.36. The van der Waals surface area contributed by atoms with Crippen molar-refractivity contribution in [1.82, 2.24) is 0 Å². The van der Waals surface area contributed by atoms with Gasteiger partial charge in [0, 0.05) is 13.7 Å². The van der Waals surface area contributed by atoms with E-state index in [0.717, 1.165) is 18.6 Å². The van der Waals surface area contributed by atoms with Crippen LogP contribution in [0.15, 0.2) is 23.8 Å². The molecule has 0 heterocycles. The van der Waals surface area contributed by atoms with E-state index in [1.165, 1.54) is 25.7 Å². The molecule has 0 fully saturated rings. The lowest BCUT2D eigenvalue weighted by Gasteiger charge is -2.21. The van der Waals surface area contributed by atoms with Gasteiger partial charge in [-0.3, -0.25) is 0 Å². The molecule has 0 aliphatic heterocycles. The van der Waals surface area contributed by atoms with Crippen LogP contribution in [0.2, 0.25) is 0 Å². The van der Waals surface area contributed by atoms with Crippen LogP contribution in [-0.4, -0.2) is 31.8 Å². The topological polar surface area (TPSA) is 18.5 Å². The number of ether oxygens (including phenoxy) is 2. The fraction of sp³-hybridized carbons (Fsp3) is 0.733. The van der Waals surface area contributed by atoms with Gasteiger partial charge in [0.25, 0.3) is 0 Å². The van der Waals surface area contributed by atoms with E-state index in [0.29, 0.717) is 6.61 Å². The van der Waals surface area contributed by atoms with Gasteiger partial charge in [-0.05, 0) is 12.0 Å². The Hall–Kier alpha value is -0.310. The highest BCUT2D eigenvalue weighted by Crippen LogP contribution is 2.19. The molecule has 1 rings (SSSR count). The third kappa shape index (κ3) is 6.03. The third-order valence-electron chi connectivity index (χ3n) is 3.06. The number of methoxy groups -OCH3 is 1. The van der Waals surface area contributed by atoms with E-state index < -0.39 is 0 Å². The molecule has 3 heteroatoms. The van der Waals surface area contributed by atoms with Crippen LogP contribution in [0, 0.1) is 0 Å². The maximum Gasteiger partial charge on any atom is 0.0957 e. The number of rotatable bonds is 9. The molecule has 0 saturated heterocycles. The lowest BCUT2D eigenvalue weighted by atomic mass is 10.1. The Morgan fingerprint density at radius 3 is 2.67 bits per heavy atom. The van der Waals surface area contributed by atoms with Gasteiger partial charge in [0.15, 0.2) is 0 Å². The largest absolute Gasteiger partial charge is 0.380 e. The van der Waals surface area contributed by atoms with Gasteiger partial charge in [0.1, 0.15) is 0 Å². The first-order valence-corrected chi connectivity index (χ1v) is 7.35. The number of hydrogen-bond acceptors (Lipinski definition) is 2. The van der Waals surface area contributed by atoms with E-state index in [1.54, 1.807) is 7.11 Å². The molecule has 0 amide bonds. The number of alkyl halides is 1. The number of unbranched alkanes of at least 4 members (excludes halogenated alkanes) is 4. The van der Waals surface area contributed by atoms with Gasteiger partial charge in [-0.15, -0.1) is 11.6 Å². The summed E-state index contributed by atoms with van der Waals surface area (Å²) in [4.78, 5) is 0. The van der Waals surface area contributed by atoms with Gasteiger partial charge in [-0.1, -0.05) is 50.8 Å². The third-order valence-corrected chi connectivity index (χ3v) is 3.43. The molecule has 0 aromatic rings. The van der Waals surface area contributed by atoms with Crippen LogP contribution in [0.1, 0.15) is 39.0 Å². The Kier molecular flexibility index (Phi) is 8.40. The van der Waals surface area contributed by atoms with Crippen molar-refractivity contribution in [2.24, 2.45) is 0 Å². The van der Waals surface area contributed by atoms with E-state index in [2.05, 4.69) is 6.92 Å². The predicted molar refractivity (Wildman–Crippen MR) is 77.2 cm³/mol. The molecule has 0 aromatic heterocycles. The quantitative estimate of drug-likeness (QED) is 0.465. The zero-order valence-electron chi connectivity index (χ0n) is 11.5. The van der Waals surface area contributed by atoms with E-state index in [1.807, 2.05) is 18.2 Å². The molecule has 1 aliphatic carbocycles. The molecule has 0 radical (unpaired) electrons. The van der Waals surface area contributed by atoms with Gasteiger partial charge in [0.2, 0.25) is 0 Å². The molecule has 1 aliphatic rings. The zero-order valence-corrected chi connectivity index (χ0v) is 12.3. The normalized spacial score (nSPS) is 23.2. The second-order valence-electron chi connectivity index (χ2n) is 4.73. The Balaban J connectivity index is 2.15. The lowest BCUT2D eigenvalue weighted by molar-refractivity contribution is 0.0845. The molecule has 0 N–H and O–H groups in total. The van der Waals surface area contributed by atoms with E-state index in [4.69, 9.17) is 21.1 Å². The van der Waals surface area contributed by atoms with Crippen LogP contribution in [0.5, 0.6) is 0 Å². The minimum atomic E-state index is -0.0733. The molecular formula is C15H25ClO2. The van der Waals surface area contributed by atoms with E-state index in [9.17, 15) is 0 Å². The fourth-order valence-electron chi connectivity index (χ4n) is 2.01. The van der Waals surface area contributed by atoms with Crippen molar-refractivity contribution < 1.29 is 9.47 Å². The van der Waals surface area contributed by atoms with Crippen molar-refractivity contribution in [3.05, 3.63) is 23.8 Å². The summed E-state index contributed by atoms with van der Waals surface area (Å²) in [5.41, 5.74) is 1.13. The minimum absolute atomic E-state index is 0.0125. The Morgan fingerprint density at radius 2 is 2.00 bits per heavy atom. The molecular weight excluding hydrogens is 248 g/mol. The minimum Gasteiger partial charge on any atom is -0.380 e. The molecule has 0 saturated carbocycles. The number of hydrogen-bond donors (Lipinski definition) is 0. The molecule has 18 heavy (non-hydrogen) atoms. The summed E-state index contributed by atoms with van der Waals surface area (Å²) in [5.74, 6) is 0. The maximum absolute atomic E-state index is 6.27. The summed E-state index contributed by atoms with van der Waals surface area (Å²) >= 11 is 6.27. The summed E-state index contributed by atoms with van der Waals surface area (Å²) in [6, 6.07) is 0. The highest BCUT2D eigenvalue weighted by Gasteiger charge is 2.18. The van der Waals surface area contributed by atoms with Crippen LogP contribution in [0.3, 0.4) is 0 Å². The monoisotopic (exact) mass is 272 g/mol. The zero-order chi connectivity index (χ0) is 13.2. The van der Waals surface area contributed by atoms with Gasteiger partial charge < -0.3 is 9.47 Å². The van der Waals surface area contributed by atoms with Crippen molar-refractivity contribution in [3.8, 4) is 0 Å². The SMILES string of the molecule is CCCCCCCOC1C=CC(COC)=CC1Cl. The first-order chi connectivity index (χ1) is 8.77. The van der Waals surface area contributed by atoms with Crippen LogP contribution < -0.4 is 0 Å². The molecule has 104 valence electrons. The van der Waals surface area contributed by atoms with Crippen molar-refractivity contribution in [3.63, 3.8) is 0 Å². The summed E-state index contributed by atoms with van der Waals surface area (Å²) in [5, 5.41) is -0.0733. The summed E-state index contributed by atoms with van der Waals surface area (Å²) in [6.07, 6.45) is 12.4. The van der Waals surface area contributed by atoms with E-state index >= 15 is 0 Å². The second kappa shape index (κ2) is 9.60. The predicted octanol–water partition coefficient (Wildman–Crippen LogP) is 4.09. The Bertz CT molecular complexity index is 274. The first-order valence-electron chi connectivity index (χ1n) is 6.91. The van der Waals surface area contributed by atoms with Crippen LogP contribution in [0.25, 0.3) is 0 Å². The van der Waals surface area contributed by atoms with Crippen molar-refractivity contribution in [1.29, 1.82) is 0 Å². The highest BCUT2D eigenvalue weighted by molar-refractivity contribution is 6.22. The van der Waals surface area contributed by atoms with Crippen molar-refractivity contribution >= 4 is 11.6 Å². The summed E-state index contributed by atoms with van der Waals surface area (Å²) in [6.45, 7) is 3.64. The molecule has 0 bridgehead atoms. The maximum atomic E-state index is 6.27. The van der Waals surface area contributed by atoms with Gasteiger partial charge in [0.05, 0.1) is 18.1 Å². The molecule has 2 nitrogen and oxygen atoms in total. The Morgan fingerprint density at radius 1 is 1.22 bits per heavy atom. The summed E-state index contributed by atoms with van der Waals surface area (Å²) < 4.78 is 10.9. The van der Waals surface area contributed by atoms with Crippen molar-refractivity contribution in [2.75, 3.05) is 20.3 Å². The molecule has 2 atom stereocenters. The van der Waals surface area contributed by atoms with Crippen LogP contribution >= 0.6 is 11.6 Å². The standard InChI is InChI=1S/C15H25ClO2/c1-3-4-5-6-7-10-18-15-9-8-13(12-17-2)11-14(15)16/h8-9,11,14-15H,3-7,10,12H2,1-2H3. The lowest BCUT2D eigenvalue weighted by Crippen LogP contribution is -2.24. The Labute approximate surface area is 116 Å². The molecule has 0 spiro atoms. The van der Waals surface area contributed by atoms with Crippen LogP contribution in [0.4, 0.5) is 0 Å². The van der Waals surface area contributed by atoms with Gasteiger partial charge in [-0.2, -0.15) is 0 Å². The smallest absolute Gasteiger partial charge is 0.0957 e. The highest BCUT2D eigenvalue weighted by atomic mass is 35.5. The first kappa shape index (κ1) is 15.7. The molecule has 2 unspecified atom stereocenters. The van der Waals surface area contributed by atoms with Gasteiger partial charge >= 0.3 is 0 Å². The fourth-order valence-corrected chi connectivity index (χ4v) is 2.33. The second-order valence-corrected chi connectivity index (χ2v) is 5.23. The average molecular weight is 273 g/mol. The summed E-state index contributed by atoms with van der Waals surface area (Å²) in [7, 11) is 1.69. The van der Waals surface area contributed by atoms with Crippen molar-refractivity contribution in [2.45, 2.75) is 50.5 Å². The molecule has 0 aromatic carbocycles. The van der Waals surface area contributed by atoms with Gasteiger partial charge in [-0.25, -0.2) is 0 Å². The van der Waals surface area contributed by atoms with E-state index in [-0.39, 0.29) is 11.5 Å².